The molecule has 0 fully saturated rings. The maximum atomic E-state index is 12.5. The Labute approximate surface area is 112 Å². The fourth-order valence-corrected chi connectivity index (χ4v) is 1.98. The molecule has 0 radical (unpaired) electrons. The zero-order valence-corrected chi connectivity index (χ0v) is 11.3. The van der Waals surface area contributed by atoms with Gasteiger partial charge in [-0.2, -0.15) is 5.10 Å². The average Bonchev–Trinajstić information content (AvgIpc) is 2.87. The van der Waals surface area contributed by atoms with E-state index < -0.39 is 0 Å². The highest BCUT2D eigenvalue weighted by Gasteiger charge is 2.19. The van der Waals surface area contributed by atoms with E-state index in [-0.39, 0.29) is 11.8 Å². The van der Waals surface area contributed by atoms with Gasteiger partial charge in [0.1, 0.15) is 0 Å². The second-order valence-corrected chi connectivity index (χ2v) is 4.65. The molecular weight excluding hydrogens is 242 g/mol. The van der Waals surface area contributed by atoms with Crippen molar-refractivity contribution in [2.45, 2.75) is 13.8 Å². The summed E-state index contributed by atoms with van der Waals surface area (Å²) in [6.45, 7) is 5.88. The molecule has 102 valence electrons. The van der Waals surface area contributed by atoms with Crippen molar-refractivity contribution in [1.82, 2.24) is 19.5 Å². The molecule has 0 aliphatic rings. The van der Waals surface area contributed by atoms with Gasteiger partial charge in [0, 0.05) is 25.5 Å². The fraction of sp³-hybridized carbons (Fsp3) is 0.462. The summed E-state index contributed by atoms with van der Waals surface area (Å²) in [4.78, 5) is 18.3. The molecule has 0 saturated carbocycles. The van der Waals surface area contributed by atoms with Crippen LogP contribution in [0.1, 0.15) is 24.2 Å². The van der Waals surface area contributed by atoms with Crippen molar-refractivity contribution in [1.29, 1.82) is 0 Å². The Balaban J connectivity index is 2.26. The first-order valence-corrected chi connectivity index (χ1v) is 6.44. The minimum atomic E-state index is -0.0224. The third kappa shape index (κ3) is 2.73. The number of carbonyl (C=O) groups is 1. The van der Waals surface area contributed by atoms with Crippen molar-refractivity contribution in [3.63, 3.8) is 0 Å². The molecule has 0 spiro atoms. The van der Waals surface area contributed by atoms with Gasteiger partial charge in [-0.3, -0.25) is 9.78 Å². The zero-order valence-electron chi connectivity index (χ0n) is 11.3. The van der Waals surface area contributed by atoms with E-state index >= 15 is 0 Å². The summed E-state index contributed by atoms with van der Waals surface area (Å²) in [5.74, 6) is 0.259. The molecular formula is C13H19N5O. The third-order valence-electron chi connectivity index (χ3n) is 3.16. The first kappa shape index (κ1) is 13.5. The summed E-state index contributed by atoms with van der Waals surface area (Å²) >= 11 is 0. The molecule has 1 unspecified atom stereocenters. The molecule has 1 amide bonds. The van der Waals surface area contributed by atoms with Crippen molar-refractivity contribution in [2.75, 3.05) is 19.6 Å². The maximum absolute atomic E-state index is 12.5. The summed E-state index contributed by atoms with van der Waals surface area (Å²) < 4.78 is 1.65. The van der Waals surface area contributed by atoms with E-state index in [1.807, 2.05) is 13.8 Å². The van der Waals surface area contributed by atoms with Crippen molar-refractivity contribution in [2.24, 2.45) is 11.7 Å². The van der Waals surface area contributed by atoms with E-state index in [1.54, 1.807) is 34.2 Å². The lowest BCUT2D eigenvalue weighted by molar-refractivity contribution is 0.0745. The van der Waals surface area contributed by atoms with Gasteiger partial charge in [0.05, 0.1) is 23.5 Å². The van der Waals surface area contributed by atoms with Crippen molar-refractivity contribution < 1.29 is 4.79 Å². The van der Waals surface area contributed by atoms with Crippen LogP contribution in [0.25, 0.3) is 5.52 Å². The lowest BCUT2D eigenvalue weighted by Gasteiger charge is -2.23. The number of amides is 1. The molecule has 1 atom stereocenters. The molecule has 0 bridgehead atoms. The highest BCUT2D eigenvalue weighted by molar-refractivity contribution is 6.00. The van der Waals surface area contributed by atoms with Gasteiger partial charge in [0.2, 0.25) is 0 Å². The molecule has 2 aromatic heterocycles. The third-order valence-corrected chi connectivity index (χ3v) is 3.16. The largest absolute Gasteiger partial charge is 0.338 e. The predicted octanol–water partition coefficient (Wildman–Crippen LogP) is 0.786. The van der Waals surface area contributed by atoms with Crippen LogP contribution in [-0.4, -0.2) is 45.0 Å². The van der Waals surface area contributed by atoms with Gasteiger partial charge in [-0.1, -0.05) is 6.92 Å². The summed E-state index contributed by atoms with van der Waals surface area (Å²) in [5, 5.41) is 4.16. The van der Waals surface area contributed by atoms with Crippen molar-refractivity contribution >= 4 is 11.4 Å². The number of hydrogen-bond donors (Lipinski definition) is 1. The quantitative estimate of drug-likeness (QED) is 0.863. The second-order valence-electron chi connectivity index (χ2n) is 4.65. The van der Waals surface area contributed by atoms with Crippen LogP contribution in [0.2, 0.25) is 0 Å². The van der Waals surface area contributed by atoms with Crippen LogP contribution in [0.3, 0.4) is 0 Å². The molecule has 2 N–H and O–H groups in total. The number of rotatable bonds is 5. The van der Waals surface area contributed by atoms with Gasteiger partial charge in [-0.05, 0) is 19.4 Å². The molecule has 2 rings (SSSR count). The monoisotopic (exact) mass is 261 g/mol. The lowest BCUT2D eigenvalue weighted by atomic mass is 10.1. The Bertz CT molecular complexity index is 565. The van der Waals surface area contributed by atoms with Crippen molar-refractivity contribution in [3.8, 4) is 0 Å². The highest BCUT2D eigenvalue weighted by atomic mass is 16.2. The van der Waals surface area contributed by atoms with Gasteiger partial charge in [-0.25, -0.2) is 4.52 Å². The number of aromatic nitrogens is 3. The van der Waals surface area contributed by atoms with Crippen LogP contribution in [0.4, 0.5) is 0 Å². The van der Waals surface area contributed by atoms with E-state index in [0.29, 0.717) is 25.2 Å². The maximum Gasteiger partial charge on any atom is 0.257 e. The van der Waals surface area contributed by atoms with E-state index in [1.165, 1.54) is 0 Å². The number of carbonyl (C=O) groups excluding carboxylic acids is 1. The molecule has 0 aliphatic heterocycles. The van der Waals surface area contributed by atoms with Crippen LogP contribution in [-0.2, 0) is 0 Å². The number of nitrogens with two attached hydrogens (primary N) is 1. The molecule has 6 nitrogen and oxygen atoms in total. The second kappa shape index (κ2) is 5.79. The number of nitrogens with zero attached hydrogens (tertiary/aromatic N) is 4. The van der Waals surface area contributed by atoms with Crippen molar-refractivity contribution in [3.05, 3.63) is 30.4 Å². The summed E-state index contributed by atoms with van der Waals surface area (Å²) in [6, 6.07) is 0. The van der Waals surface area contributed by atoms with E-state index in [0.717, 1.165) is 5.52 Å². The molecule has 2 aromatic rings. The van der Waals surface area contributed by atoms with E-state index in [9.17, 15) is 4.79 Å². The lowest BCUT2D eigenvalue weighted by Crippen LogP contribution is -2.36. The highest BCUT2D eigenvalue weighted by Crippen LogP contribution is 2.13. The van der Waals surface area contributed by atoms with Crippen LogP contribution >= 0.6 is 0 Å². The van der Waals surface area contributed by atoms with Gasteiger partial charge in [0.25, 0.3) is 5.91 Å². The fourth-order valence-electron chi connectivity index (χ4n) is 1.98. The minimum absolute atomic E-state index is 0.0224. The Morgan fingerprint density at radius 3 is 3.00 bits per heavy atom. The Morgan fingerprint density at radius 2 is 2.32 bits per heavy atom. The zero-order chi connectivity index (χ0) is 13.8. The van der Waals surface area contributed by atoms with Gasteiger partial charge < -0.3 is 10.6 Å². The van der Waals surface area contributed by atoms with E-state index in [2.05, 4.69) is 10.1 Å². The molecule has 0 aliphatic carbocycles. The Morgan fingerprint density at radius 1 is 1.53 bits per heavy atom. The van der Waals surface area contributed by atoms with Gasteiger partial charge in [-0.15, -0.1) is 0 Å². The van der Waals surface area contributed by atoms with Gasteiger partial charge >= 0.3 is 0 Å². The summed E-state index contributed by atoms with van der Waals surface area (Å²) in [5.41, 5.74) is 6.93. The predicted molar refractivity (Wildman–Crippen MR) is 72.8 cm³/mol. The summed E-state index contributed by atoms with van der Waals surface area (Å²) in [6.07, 6.45) is 6.61. The molecule has 0 aromatic carbocycles. The van der Waals surface area contributed by atoms with Crippen LogP contribution in [0.15, 0.2) is 24.8 Å². The van der Waals surface area contributed by atoms with Crippen LogP contribution in [0, 0.1) is 5.92 Å². The SMILES string of the molecule is CCN(CC(C)CN)C(=O)c1cnn2ccncc12. The first-order valence-electron chi connectivity index (χ1n) is 6.44. The molecule has 19 heavy (non-hydrogen) atoms. The number of hydrogen-bond acceptors (Lipinski definition) is 4. The normalized spacial score (nSPS) is 12.6. The standard InChI is InChI=1S/C13H19N5O/c1-3-17(9-10(2)6-14)13(19)11-7-16-18-5-4-15-8-12(11)18/h4-5,7-8,10H,3,6,9,14H2,1-2H3. The van der Waals surface area contributed by atoms with Crippen LogP contribution in [0.5, 0.6) is 0 Å². The Kier molecular flexibility index (Phi) is 4.11. The topological polar surface area (TPSA) is 76.5 Å². The van der Waals surface area contributed by atoms with E-state index in [4.69, 9.17) is 5.73 Å². The summed E-state index contributed by atoms with van der Waals surface area (Å²) in [7, 11) is 0. The molecule has 6 heteroatoms. The van der Waals surface area contributed by atoms with Crippen LogP contribution < -0.4 is 5.73 Å². The van der Waals surface area contributed by atoms with Gasteiger partial charge in [0.15, 0.2) is 0 Å². The average molecular weight is 261 g/mol. The first-order chi connectivity index (χ1) is 9.17. The Hall–Kier alpha value is -1.95. The molecule has 2 heterocycles. The molecule has 0 saturated heterocycles. The smallest absolute Gasteiger partial charge is 0.257 e. The number of fused-ring (bicyclic) bond motifs is 1. The minimum Gasteiger partial charge on any atom is -0.338 e.